The van der Waals surface area contributed by atoms with E-state index in [-0.39, 0.29) is 40.6 Å². The van der Waals surface area contributed by atoms with E-state index >= 15 is 0 Å². The van der Waals surface area contributed by atoms with E-state index in [1.807, 2.05) is 0 Å². The molecular weight excluding hydrogens is 969 g/mol. The second-order valence-electron chi connectivity index (χ2n) is 23.5. The molecule has 13 N–H and O–H groups in total. The lowest BCUT2D eigenvalue weighted by Gasteiger charge is -2.58. The second-order valence-corrected chi connectivity index (χ2v) is 23.5. The number of fused-ring (bicyclic) bond motifs is 7. The molecule has 10 rings (SSSR count). The first kappa shape index (κ1) is 55.1. The van der Waals surface area contributed by atoms with Crippen LogP contribution in [0.2, 0.25) is 0 Å². The summed E-state index contributed by atoms with van der Waals surface area (Å²) in [6.07, 6.45) is -24.3. The van der Waals surface area contributed by atoms with Crippen molar-refractivity contribution >= 4 is 0 Å². The predicted molar refractivity (Wildman–Crippen MR) is 244 cm³/mol. The zero-order valence-electron chi connectivity index (χ0n) is 41.9. The van der Waals surface area contributed by atoms with Gasteiger partial charge < -0.3 is 114 Å². The van der Waals surface area contributed by atoms with Crippen LogP contribution in [-0.2, 0) is 47.4 Å². The van der Waals surface area contributed by atoms with Crippen molar-refractivity contribution in [3.63, 3.8) is 0 Å². The molecule has 0 unspecified atom stereocenters. The van der Waals surface area contributed by atoms with Gasteiger partial charge in [0.25, 0.3) is 0 Å². The van der Waals surface area contributed by atoms with E-state index in [9.17, 15) is 66.4 Å². The minimum atomic E-state index is -2.01. The van der Waals surface area contributed by atoms with E-state index in [0.717, 1.165) is 44.9 Å². The first-order chi connectivity index (χ1) is 34.6. The maximum absolute atomic E-state index is 12.8. The third-order valence-electron chi connectivity index (χ3n) is 19.6. The van der Waals surface area contributed by atoms with Gasteiger partial charge >= 0.3 is 0 Å². The van der Waals surface area contributed by atoms with Gasteiger partial charge in [-0.2, -0.15) is 0 Å². The van der Waals surface area contributed by atoms with Gasteiger partial charge in [0.1, 0.15) is 97.2 Å². The van der Waals surface area contributed by atoms with Gasteiger partial charge in [0.05, 0.1) is 45.2 Å². The van der Waals surface area contributed by atoms with Gasteiger partial charge in [0.2, 0.25) is 0 Å². The van der Waals surface area contributed by atoms with Gasteiger partial charge in [0, 0.05) is 17.8 Å². The Morgan fingerprint density at radius 2 is 1.23 bits per heavy atom. The summed E-state index contributed by atoms with van der Waals surface area (Å²) < 4.78 is 61.0. The minimum Gasteiger partial charge on any atom is -0.394 e. The molecule has 23 nitrogen and oxygen atoms in total. The van der Waals surface area contributed by atoms with Crippen LogP contribution in [0.4, 0.5) is 0 Å². The lowest BCUT2D eigenvalue weighted by atomic mass is 9.47. The van der Waals surface area contributed by atoms with Crippen LogP contribution in [0.15, 0.2) is 11.6 Å². The first-order valence-electron chi connectivity index (χ1n) is 26.5. The SMILES string of the molecule is C[C@H]1CC[C@@]2(OC1)O[C@H]1C[C@H]3[C@@H]4CC[C@H]5C[C@@H](O[C@@H]6O[C@H](CO)[C@H](O[C@@H]7O[C@H](CO)[C@@H](O)[C@H](O[C@@H]8OC[C@@H](O)[C@H](O)[C@H]8O)[C@H]7O[C@@H]7O[C@H](CO)[C@@H](O)[C@H](O)[C@H]7O)[C@H](O)[C@H]6O)CC[C@]5(C)C4=CC[C@]3(C)[C@@]1(O)[C@@H]2C. The van der Waals surface area contributed by atoms with E-state index in [1.54, 1.807) is 0 Å². The lowest BCUT2D eigenvalue weighted by Crippen LogP contribution is -2.68. The molecule has 6 heterocycles. The number of allylic oxidation sites excluding steroid dienone is 2. The Hall–Kier alpha value is -1.18. The third kappa shape index (κ3) is 9.02. The molecule has 4 aliphatic carbocycles. The average molecular weight is 1050 g/mol. The van der Waals surface area contributed by atoms with Crippen molar-refractivity contribution in [2.75, 3.05) is 33.0 Å². The number of aliphatic hydroxyl groups is 13. The maximum atomic E-state index is 12.8. The van der Waals surface area contributed by atoms with Gasteiger partial charge in [-0.05, 0) is 80.5 Å². The molecule has 10 aliphatic rings. The highest BCUT2D eigenvalue weighted by Crippen LogP contribution is 2.71. The molecule has 23 heteroatoms. The molecule has 0 aromatic carbocycles. The van der Waals surface area contributed by atoms with Gasteiger partial charge in [-0.15, -0.1) is 0 Å². The van der Waals surface area contributed by atoms with Crippen LogP contribution in [0.5, 0.6) is 0 Å². The number of hydrogen-bond donors (Lipinski definition) is 13. The van der Waals surface area contributed by atoms with Crippen LogP contribution in [0.3, 0.4) is 0 Å². The van der Waals surface area contributed by atoms with Crippen molar-refractivity contribution in [3.05, 3.63) is 11.6 Å². The Kier molecular flexibility index (Phi) is 15.7. The monoisotopic (exact) mass is 1050 g/mol. The molecule has 9 fully saturated rings. The van der Waals surface area contributed by atoms with Crippen molar-refractivity contribution in [1.82, 2.24) is 0 Å². The Bertz CT molecular complexity index is 1940. The molecule has 418 valence electrons. The maximum Gasteiger partial charge on any atom is 0.187 e. The highest BCUT2D eigenvalue weighted by Gasteiger charge is 2.76. The summed E-state index contributed by atoms with van der Waals surface area (Å²) in [5.74, 6) is 0.270. The summed E-state index contributed by atoms with van der Waals surface area (Å²) in [5.41, 5.74) is -0.112. The molecule has 0 aromatic rings. The van der Waals surface area contributed by atoms with Crippen molar-refractivity contribution < 1.29 is 114 Å². The number of hydrogen-bond acceptors (Lipinski definition) is 23. The van der Waals surface area contributed by atoms with Gasteiger partial charge in [-0.3, -0.25) is 0 Å². The van der Waals surface area contributed by atoms with Crippen LogP contribution in [0, 0.1) is 40.4 Å². The molecule has 0 bridgehead atoms. The van der Waals surface area contributed by atoms with Crippen molar-refractivity contribution in [1.29, 1.82) is 0 Å². The largest absolute Gasteiger partial charge is 0.394 e. The van der Waals surface area contributed by atoms with Crippen molar-refractivity contribution in [2.24, 2.45) is 40.4 Å². The molecule has 30 atom stereocenters. The van der Waals surface area contributed by atoms with E-state index in [0.29, 0.717) is 25.4 Å². The normalized spacial score (nSPS) is 57.1. The quantitative estimate of drug-likeness (QED) is 0.0715. The zero-order valence-corrected chi connectivity index (χ0v) is 41.9. The van der Waals surface area contributed by atoms with Crippen LogP contribution in [0.25, 0.3) is 0 Å². The fourth-order valence-corrected chi connectivity index (χ4v) is 15.1. The summed E-state index contributed by atoms with van der Waals surface area (Å²) in [7, 11) is 0. The van der Waals surface area contributed by atoms with E-state index < -0.39 is 161 Å². The number of ether oxygens (including phenoxy) is 10. The summed E-state index contributed by atoms with van der Waals surface area (Å²) in [6, 6.07) is 0. The fourth-order valence-electron chi connectivity index (χ4n) is 15.1. The Labute approximate surface area is 423 Å². The molecule has 3 saturated carbocycles. The molecular formula is C50H80O23. The Morgan fingerprint density at radius 1 is 0.603 bits per heavy atom. The number of aliphatic hydroxyl groups excluding tert-OH is 12. The van der Waals surface area contributed by atoms with E-state index in [4.69, 9.17) is 47.4 Å². The Balaban J connectivity index is 0.827. The van der Waals surface area contributed by atoms with Crippen LogP contribution in [-0.4, -0.2) is 240 Å². The molecule has 0 amide bonds. The molecule has 6 saturated heterocycles. The van der Waals surface area contributed by atoms with Gasteiger partial charge in [-0.25, -0.2) is 0 Å². The zero-order chi connectivity index (χ0) is 52.3. The second kappa shape index (κ2) is 20.8. The topological polar surface area (TPSA) is 355 Å². The number of rotatable bonds is 11. The van der Waals surface area contributed by atoms with Crippen molar-refractivity contribution in [3.8, 4) is 0 Å². The predicted octanol–water partition coefficient (Wildman–Crippen LogP) is -3.24. The van der Waals surface area contributed by atoms with Crippen LogP contribution in [0.1, 0.15) is 85.5 Å². The summed E-state index contributed by atoms with van der Waals surface area (Å²) in [4.78, 5) is 0. The molecule has 73 heavy (non-hydrogen) atoms. The Morgan fingerprint density at radius 3 is 1.93 bits per heavy atom. The molecule has 0 radical (unpaired) electrons. The summed E-state index contributed by atoms with van der Waals surface area (Å²) >= 11 is 0. The third-order valence-corrected chi connectivity index (χ3v) is 19.6. The molecule has 1 spiro atoms. The lowest BCUT2D eigenvalue weighted by molar-refractivity contribution is -0.404. The van der Waals surface area contributed by atoms with E-state index in [2.05, 4.69) is 33.8 Å². The molecule has 0 aromatic heterocycles. The highest BCUT2D eigenvalue weighted by atomic mass is 16.8. The fraction of sp³-hybridized carbons (Fsp3) is 0.960. The van der Waals surface area contributed by atoms with Crippen LogP contribution < -0.4 is 0 Å². The van der Waals surface area contributed by atoms with Gasteiger partial charge in [-0.1, -0.05) is 39.3 Å². The first-order valence-corrected chi connectivity index (χ1v) is 26.5. The smallest absolute Gasteiger partial charge is 0.187 e. The average Bonchev–Trinajstić information content (AvgIpc) is 3.73. The minimum absolute atomic E-state index is 0.142. The summed E-state index contributed by atoms with van der Waals surface area (Å²) in [6.45, 7) is 6.48. The van der Waals surface area contributed by atoms with Crippen molar-refractivity contribution in [2.45, 2.75) is 226 Å². The summed E-state index contributed by atoms with van der Waals surface area (Å²) in [5, 5.41) is 142. The highest BCUT2D eigenvalue weighted by molar-refractivity contribution is 5.33. The van der Waals surface area contributed by atoms with Gasteiger partial charge in [0.15, 0.2) is 30.9 Å². The molecule has 6 aliphatic heterocycles. The van der Waals surface area contributed by atoms with E-state index in [1.165, 1.54) is 5.57 Å². The standard InChI is InChI=1S/C50H80O23/c1-20-7-12-49(65-18-20)21(2)50(63)31(73-49)14-26-24-6-5-22-13-23(8-10-47(22,3)25(24)9-11-48(26,50)4)66-44-39(62)36(59)40(30(17-53)69-44)70-46-42(72-45-38(61)35(58)33(56)28(15-51)67-45)41(34(57)29(16-52)68-46)71-43-37(60)32(55)27(54)19-64-43/h9,20-24,26-46,51-63H,5-8,10-19H2,1-4H3/t20-,21+,22-,23-,24+,26-,27+,28+,29+,30+,31-,32-,33+,34+,35-,36+,37+,38+,39+,40-,41-,42+,43-,44+,45-,46-,47-,48-,49+,50+/m0/s1. The van der Waals surface area contributed by atoms with Crippen LogP contribution >= 0.6 is 0 Å².